The van der Waals surface area contributed by atoms with Gasteiger partial charge in [-0.25, -0.2) is 0 Å². The van der Waals surface area contributed by atoms with Crippen LogP contribution in [0.5, 0.6) is 0 Å². The normalized spacial score (nSPS) is 11.8. The summed E-state index contributed by atoms with van der Waals surface area (Å²) in [5.74, 6) is 0. The van der Waals surface area contributed by atoms with Gasteiger partial charge in [0.2, 0.25) is 0 Å². The van der Waals surface area contributed by atoms with Crippen LogP contribution in [0.4, 0.5) is 0 Å². The van der Waals surface area contributed by atoms with Crippen LogP contribution in [0.3, 0.4) is 0 Å². The number of aromatic nitrogens is 2. The van der Waals surface area contributed by atoms with Crippen LogP contribution < -0.4 is 0 Å². The third kappa shape index (κ3) is 2.63. The van der Waals surface area contributed by atoms with Gasteiger partial charge in [-0.3, -0.25) is 0 Å². The van der Waals surface area contributed by atoms with Crippen LogP contribution in [-0.4, -0.2) is 9.13 Å². The summed E-state index contributed by atoms with van der Waals surface area (Å²) in [5, 5.41) is 5.16. The molecule has 0 fully saturated rings. The monoisotopic (exact) mass is 436 g/mol. The van der Waals surface area contributed by atoms with Crippen LogP contribution in [0.2, 0.25) is 0 Å². The van der Waals surface area contributed by atoms with E-state index < -0.39 is 0 Å². The highest BCUT2D eigenvalue weighted by Crippen LogP contribution is 2.41. The topological polar surface area (TPSA) is 9.86 Å². The molecule has 0 saturated heterocycles. The van der Waals surface area contributed by atoms with Gasteiger partial charge < -0.3 is 9.13 Å². The number of nitrogens with zero attached hydrogens (tertiary/aromatic N) is 2. The Morgan fingerprint density at radius 1 is 0.500 bits per heavy atom. The lowest BCUT2D eigenvalue weighted by molar-refractivity contribution is 1.01. The van der Waals surface area contributed by atoms with Gasteiger partial charge in [-0.15, -0.1) is 0 Å². The van der Waals surface area contributed by atoms with Crippen LogP contribution in [0.1, 0.15) is 5.56 Å². The third-order valence-corrected chi connectivity index (χ3v) is 7.16. The van der Waals surface area contributed by atoms with E-state index in [0.717, 1.165) is 0 Å². The lowest BCUT2D eigenvalue weighted by Gasteiger charge is -2.10. The van der Waals surface area contributed by atoms with Crippen molar-refractivity contribution in [3.63, 3.8) is 0 Å². The van der Waals surface area contributed by atoms with E-state index in [0.29, 0.717) is 0 Å². The molecule has 0 N–H and O–H groups in total. The van der Waals surface area contributed by atoms with Gasteiger partial charge in [0.25, 0.3) is 0 Å². The number of aryl methyl sites for hydroxylation is 2. The molecular formula is C32H24N2. The van der Waals surface area contributed by atoms with Crippen molar-refractivity contribution in [3.05, 3.63) is 115 Å². The maximum Gasteiger partial charge on any atom is 0.0785 e. The van der Waals surface area contributed by atoms with Crippen molar-refractivity contribution < 1.29 is 0 Å². The molecule has 0 unspecified atom stereocenters. The fourth-order valence-corrected chi connectivity index (χ4v) is 5.61. The Kier molecular flexibility index (Phi) is 4.01. The summed E-state index contributed by atoms with van der Waals surface area (Å²) in [5.41, 5.74) is 10.00. The zero-order valence-corrected chi connectivity index (χ0v) is 19.3. The number of hydrogen-bond donors (Lipinski definition) is 0. The molecule has 0 bridgehead atoms. The molecule has 34 heavy (non-hydrogen) atoms. The Hall–Kier alpha value is -4.30. The Morgan fingerprint density at radius 3 is 2.06 bits per heavy atom. The minimum atomic E-state index is 1.18. The molecule has 0 atom stereocenters. The summed E-state index contributed by atoms with van der Waals surface area (Å²) in [7, 11) is 2.19. The van der Waals surface area contributed by atoms with Crippen molar-refractivity contribution >= 4 is 43.6 Å². The van der Waals surface area contributed by atoms with Crippen LogP contribution >= 0.6 is 0 Å². The predicted octanol–water partition coefficient (Wildman–Crippen LogP) is 8.40. The largest absolute Gasteiger partial charge is 0.342 e. The smallest absolute Gasteiger partial charge is 0.0785 e. The molecule has 162 valence electrons. The zero-order chi connectivity index (χ0) is 22.8. The average Bonchev–Trinajstić information content (AvgIpc) is 3.36. The molecule has 0 amide bonds. The van der Waals surface area contributed by atoms with E-state index in [-0.39, 0.29) is 0 Å². The van der Waals surface area contributed by atoms with Crippen LogP contribution in [0.15, 0.2) is 109 Å². The second-order valence-corrected chi connectivity index (χ2v) is 9.21. The maximum absolute atomic E-state index is 2.44. The number of para-hydroxylation sites is 2. The van der Waals surface area contributed by atoms with Gasteiger partial charge >= 0.3 is 0 Å². The van der Waals surface area contributed by atoms with E-state index >= 15 is 0 Å². The summed E-state index contributed by atoms with van der Waals surface area (Å²) in [4.78, 5) is 0. The van der Waals surface area contributed by atoms with Crippen LogP contribution in [0, 0.1) is 6.92 Å². The minimum Gasteiger partial charge on any atom is -0.342 e. The molecule has 0 aliphatic heterocycles. The molecule has 0 radical (unpaired) electrons. The number of hydrogen-bond acceptors (Lipinski definition) is 0. The summed E-state index contributed by atoms with van der Waals surface area (Å²) >= 11 is 0. The van der Waals surface area contributed by atoms with E-state index in [1.54, 1.807) is 0 Å². The Labute approximate surface area is 198 Å². The fourth-order valence-electron chi connectivity index (χ4n) is 5.61. The molecule has 2 aromatic heterocycles. The minimum absolute atomic E-state index is 1.18. The molecule has 7 rings (SSSR count). The first-order valence-corrected chi connectivity index (χ1v) is 11.8. The van der Waals surface area contributed by atoms with Crippen molar-refractivity contribution in [2.75, 3.05) is 0 Å². The first kappa shape index (κ1) is 19.2. The first-order chi connectivity index (χ1) is 16.7. The molecule has 0 aliphatic carbocycles. The molecule has 2 heterocycles. The summed E-state index contributed by atoms with van der Waals surface area (Å²) in [6.45, 7) is 2.15. The molecule has 2 nitrogen and oxygen atoms in total. The number of fused-ring (bicyclic) bond motifs is 7. The van der Waals surface area contributed by atoms with Gasteiger partial charge in [-0.05, 0) is 48.4 Å². The SMILES string of the molecule is Cc1cccc(-c2ccc3c(c2)c2ccc4c5ccccc5n(C)c4c2n3-c2ccccc2)c1. The zero-order valence-electron chi connectivity index (χ0n) is 19.3. The first-order valence-electron chi connectivity index (χ1n) is 11.8. The molecule has 0 saturated carbocycles. The molecule has 0 spiro atoms. The predicted molar refractivity (Wildman–Crippen MR) is 145 cm³/mol. The summed E-state index contributed by atoms with van der Waals surface area (Å²) in [6.07, 6.45) is 0. The molecule has 0 aliphatic rings. The van der Waals surface area contributed by atoms with Gasteiger partial charge in [-0.2, -0.15) is 0 Å². The molecule has 2 heteroatoms. The van der Waals surface area contributed by atoms with E-state index in [1.165, 1.54) is 66.0 Å². The lowest BCUT2D eigenvalue weighted by Crippen LogP contribution is -1.96. The van der Waals surface area contributed by atoms with E-state index in [2.05, 4.69) is 132 Å². The quantitative estimate of drug-likeness (QED) is 0.257. The van der Waals surface area contributed by atoms with Gasteiger partial charge in [0.05, 0.1) is 16.6 Å². The lowest BCUT2D eigenvalue weighted by atomic mass is 10.0. The number of benzene rings is 5. The van der Waals surface area contributed by atoms with Crippen molar-refractivity contribution in [3.8, 4) is 16.8 Å². The summed E-state index contributed by atoms with van der Waals surface area (Å²) < 4.78 is 4.79. The standard InChI is InChI=1S/C32H24N2/c1-21-9-8-10-22(19-21)23-15-18-30-28(20-23)27-17-16-26-25-13-6-7-14-29(25)33(2)31(26)32(27)34(30)24-11-4-3-5-12-24/h3-20H,1-2H3. The Morgan fingerprint density at radius 2 is 1.24 bits per heavy atom. The molecular weight excluding hydrogens is 412 g/mol. The van der Waals surface area contributed by atoms with Crippen molar-refractivity contribution in [1.29, 1.82) is 0 Å². The highest BCUT2D eigenvalue weighted by atomic mass is 15.0. The van der Waals surface area contributed by atoms with E-state index in [4.69, 9.17) is 0 Å². The van der Waals surface area contributed by atoms with Gasteiger partial charge in [0, 0.05) is 39.8 Å². The second kappa shape index (κ2) is 7.10. The van der Waals surface area contributed by atoms with Crippen LogP contribution in [-0.2, 0) is 7.05 Å². The maximum atomic E-state index is 2.44. The number of rotatable bonds is 2. The van der Waals surface area contributed by atoms with Gasteiger partial charge in [0.1, 0.15) is 0 Å². The molecule has 5 aromatic carbocycles. The summed E-state index contributed by atoms with van der Waals surface area (Å²) in [6, 6.07) is 39.7. The average molecular weight is 437 g/mol. The fraction of sp³-hybridized carbons (Fsp3) is 0.0625. The van der Waals surface area contributed by atoms with E-state index in [1.807, 2.05) is 0 Å². The van der Waals surface area contributed by atoms with Crippen molar-refractivity contribution in [1.82, 2.24) is 9.13 Å². The van der Waals surface area contributed by atoms with E-state index in [9.17, 15) is 0 Å². The molecule has 7 aromatic rings. The van der Waals surface area contributed by atoms with Crippen LogP contribution in [0.25, 0.3) is 60.4 Å². The second-order valence-electron chi connectivity index (χ2n) is 9.21. The van der Waals surface area contributed by atoms with Gasteiger partial charge in [0.15, 0.2) is 0 Å². The highest BCUT2D eigenvalue weighted by Gasteiger charge is 2.19. The third-order valence-electron chi connectivity index (χ3n) is 7.16. The van der Waals surface area contributed by atoms with Gasteiger partial charge in [-0.1, -0.05) is 84.4 Å². The highest BCUT2D eigenvalue weighted by molar-refractivity contribution is 6.23. The van der Waals surface area contributed by atoms with Crippen molar-refractivity contribution in [2.24, 2.45) is 7.05 Å². The van der Waals surface area contributed by atoms with Crippen molar-refractivity contribution in [2.45, 2.75) is 6.92 Å². The Balaban J connectivity index is 1.67. The Bertz CT molecular complexity index is 1870.